The molecule has 24 heavy (non-hydrogen) atoms. The van der Waals surface area contributed by atoms with Crippen molar-refractivity contribution in [3.8, 4) is 5.75 Å². The molecule has 0 bridgehead atoms. The summed E-state index contributed by atoms with van der Waals surface area (Å²) in [6.07, 6.45) is 5.60. The van der Waals surface area contributed by atoms with Crippen LogP contribution in [0.15, 0.2) is 36.8 Å². The number of hydrogen-bond acceptors (Lipinski definition) is 5. The molecule has 124 valence electrons. The van der Waals surface area contributed by atoms with E-state index in [1.54, 1.807) is 43.9 Å². The van der Waals surface area contributed by atoms with Gasteiger partial charge in [0.15, 0.2) is 0 Å². The zero-order valence-corrected chi connectivity index (χ0v) is 13.3. The van der Waals surface area contributed by atoms with E-state index < -0.39 is 5.92 Å². The molecule has 2 aromatic rings. The van der Waals surface area contributed by atoms with E-state index in [0.717, 1.165) is 11.3 Å². The van der Waals surface area contributed by atoms with Gasteiger partial charge in [-0.05, 0) is 23.8 Å². The molecule has 0 unspecified atom stereocenters. The second-order valence-electron chi connectivity index (χ2n) is 5.50. The summed E-state index contributed by atoms with van der Waals surface area (Å²) >= 11 is 0. The standard InChI is InChI=1S/C17H18N4O3/c1-24-12-2-3-15-13(8-12)14(9-16(22)21-15)17(23)20-5-4-11-10-18-6-7-19-11/h2-3,6-8,10,14H,4-5,9H2,1H3,(H,20,23)(H,21,22)/t14-/m1/s1. The average Bonchev–Trinajstić information content (AvgIpc) is 2.61. The molecule has 1 aliphatic rings. The minimum atomic E-state index is -0.522. The highest BCUT2D eigenvalue weighted by Gasteiger charge is 2.30. The van der Waals surface area contributed by atoms with Crippen LogP contribution in [0.25, 0.3) is 0 Å². The quantitative estimate of drug-likeness (QED) is 0.863. The van der Waals surface area contributed by atoms with E-state index in [0.29, 0.717) is 24.4 Å². The topological polar surface area (TPSA) is 93.2 Å². The number of aromatic nitrogens is 2. The number of nitrogens with one attached hydrogen (secondary N) is 2. The number of ether oxygens (including phenoxy) is 1. The summed E-state index contributed by atoms with van der Waals surface area (Å²) in [6.45, 7) is 0.439. The van der Waals surface area contributed by atoms with Gasteiger partial charge >= 0.3 is 0 Å². The van der Waals surface area contributed by atoms with Gasteiger partial charge in [0.1, 0.15) is 5.75 Å². The van der Waals surface area contributed by atoms with Gasteiger partial charge in [-0.3, -0.25) is 19.6 Å². The molecule has 1 atom stereocenters. The number of carbonyl (C=O) groups excluding carboxylic acids is 2. The van der Waals surface area contributed by atoms with Crippen LogP contribution in [-0.2, 0) is 16.0 Å². The first kappa shape index (κ1) is 15.9. The third kappa shape index (κ3) is 3.51. The molecule has 0 fully saturated rings. The maximum atomic E-state index is 12.5. The summed E-state index contributed by atoms with van der Waals surface area (Å²) in [5.74, 6) is -0.210. The lowest BCUT2D eigenvalue weighted by atomic mass is 9.89. The third-order valence-electron chi connectivity index (χ3n) is 3.91. The number of anilines is 1. The van der Waals surface area contributed by atoms with Gasteiger partial charge < -0.3 is 15.4 Å². The third-order valence-corrected chi connectivity index (χ3v) is 3.91. The summed E-state index contributed by atoms with van der Waals surface area (Å²) in [5.41, 5.74) is 2.23. The first-order valence-corrected chi connectivity index (χ1v) is 7.68. The Kier molecular flexibility index (Phi) is 4.69. The summed E-state index contributed by atoms with van der Waals surface area (Å²) in [7, 11) is 1.57. The predicted octanol–water partition coefficient (Wildman–Crippen LogP) is 1.27. The Labute approximate surface area is 139 Å². The molecule has 7 heteroatoms. The van der Waals surface area contributed by atoms with Crippen LogP contribution in [0.3, 0.4) is 0 Å². The predicted molar refractivity (Wildman–Crippen MR) is 87.7 cm³/mol. The molecule has 0 saturated carbocycles. The molecule has 0 spiro atoms. The lowest BCUT2D eigenvalue weighted by molar-refractivity contribution is -0.126. The van der Waals surface area contributed by atoms with Crippen LogP contribution in [0.5, 0.6) is 5.75 Å². The van der Waals surface area contributed by atoms with E-state index in [1.165, 1.54) is 0 Å². The number of methoxy groups -OCH3 is 1. The zero-order valence-electron chi connectivity index (χ0n) is 13.3. The number of carbonyl (C=O) groups is 2. The van der Waals surface area contributed by atoms with Gasteiger partial charge in [-0.25, -0.2) is 0 Å². The van der Waals surface area contributed by atoms with Gasteiger partial charge in [-0.15, -0.1) is 0 Å². The van der Waals surface area contributed by atoms with Gasteiger partial charge in [-0.2, -0.15) is 0 Å². The lowest BCUT2D eigenvalue weighted by Crippen LogP contribution is -2.36. The number of hydrogen-bond donors (Lipinski definition) is 2. The maximum absolute atomic E-state index is 12.5. The normalized spacial score (nSPS) is 16.0. The van der Waals surface area contributed by atoms with Crippen molar-refractivity contribution in [2.45, 2.75) is 18.8 Å². The van der Waals surface area contributed by atoms with Crippen LogP contribution < -0.4 is 15.4 Å². The molecule has 1 aliphatic heterocycles. The summed E-state index contributed by atoms with van der Waals surface area (Å²) in [5, 5.41) is 5.66. The molecule has 2 N–H and O–H groups in total. The van der Waals surface area contributed by atoms with Crippen LogP contribution in [0.1, 0.15) is 23.6 Å². The minimum absolute atomic E-state index is 0.122. The molecular weight excluding hydrogens is 308 g/mol. The number of nitrogens with zero attached hydrogens (tertiary/aromatic N) is 2. The Balaban J connectivity index is 1.69. The van der Waals surface area contributed by atoms with Gasteiger partial charge in [0.2, 0.25) is 11.8 Å². The van der Waals surface area contributed by atoms with Crippen LogP contribution in [0.4, 0.5) is 5.69 Å². The van der Waals surface area contributed by atoms with Gasteiger partial charge in [-0.1, -0.05) is 0 Å². The number of benzene rings is 1. The monoisotopic (exact) mass is 326 g/mol. The lowest BCUT2D eigenvalue weighted by Gasteiger charge is -2.25. The minimum Gasteiger partial charge on any atom is -0.497 e. The Morgan fingerprint density at radius 1 is 1.42 bits per heavy atom. The average molecular weight is 326 g/mol. The highest BCUT2D eigenvalue weighted by atomic mass is 16.5. The van der Waals surface area contributed by atoms with Crippen molar-refractivity contribution in [3.05, 3.63) is 48.0 Å². The molecule has 3 rings (SSSR count). The maximum Gasteiger partial charge on any atom is 0.228 e. The Morgan fingerprint density at radius 3 is 3.04 bits per heavy atom. The molecule has 7 nitrogen and oxygen atoms in total. The largest absolute Gasteiger partial charge is 0.497 e. The fourth-order valence-electron chi connectivity index (χ4n) is 2.70. The molecular formula is C17H18N4O3. The van der Waals surface area contributed by atoms with Crippen molar-refractivity contribution < 1.29 is 14.3 Å². The van der Waals surface area contributed by atoms with Crippen molar-refractivity contribution >= 4 is 17.5 Å². The highest BCUT2D eigenvalue weighted by molar-refractivity contribution is 6.01. The summed E-state index contributed by atoms with van der Waals surface area (Å²) in [6, 6.07) is 5.31. The van der Waals surface area contributed by atoms with Crippen molar-refractivity contribution in [2.24, 2.45) is 0 Å². The van der Waals surface area contributed by atoms with Crippen LogP contribution >= 0.6 is 0 Å². The first-order chi connectivity index (χ1) is 11.7. The molecule has 0 aliphatic carbocycles. The van der Waals surface area contributed by atoms with E-state index in [2.05, 4.69) is 20.6 Å². The van der Waals surface area contributed by atoms with Crippen LogP contribution in [0, 0.1) is 0 Å². The van der Waals surface area contributed by atoms with Gasteiger partial charge in [0, 0.05) is 43.7 Å². The van der Waals surface area contributed by atoms with E-state index in [4.69, 9.17) is 4.74 Å². The van der Waals surface area contributed by atoms with Crippen molar-refractivity contribution in [1.82, 2.24) is 15.3 Å². The van der Waals surface area contributed by atoms with Crippen LogP contribution in [-0.4, -0.2) is 35.4 Å². The van der Waals surface area contributed by atoms with Gasteiger partial charge in [0.05, 0.1) is 18.7 Å². The van der Waals surface area contributed by atoms with E-state index in [-0.39, 0.29) is 18.2 Å². The summed E-state index contributed by atoms with van der Waals surface area (Å²) in [4.78, 5) is 32.5. The Hall–Kier alpha value is -2.96. The Bertz CT molecular complexity index is 749. The number of fused-ring (bicyclic) bond motifs is 1. The second kappa shape index (κ2) is 7.08. The Morgan fingerprint density at radius 2 is 2.29 bits per heavy atom. The molecule has 2 amide bonds. The smallest absolute Gasteiger partial charge is 0.228 e. The van der Waals surface area contributed by atoms with E-state index >= 15 is 0 Å². The second-order valence-corrected chi connectivity index (χ2v) is 5.50. The summed E-state index contributed by atoms with van der Waals surface area (Å²) < 4.78 is 5.21. The van der Waals surface area contributed by atoms with Crippen molar-refractivity contribution in [2.75, 3.05) is 19.0 Å². The fourth-order valence-corrected chi connectivity index (χ4v) is 2.70. The van der Waals surface area contributed by atoms with Crippen molar-refractivity contribution in [1.29, 1.82) is 0 Å². The zero-order chi connectivity index (χ0) is 16.9. The molecule has 1 aromatic heterocycles. The molecule has 0 radical (unpaired) electrons. The fraction of sp³-hybridized carbons (Fsp3) is 0.294. The molecule has 0 saturated heterocycles. The number of rotatable bonds is 5. The molecule has 1 aromatic carbocycles. The molecule has 2 heterocycles. The van der Waals surface area contributed by atoms with Gasteiger partial charge in [0.25, 0.3) is 0 Å². The van der Waals surface area contributed by atoms with Crippen molar-refractivity contribution in [3.63, 3.8) is 0 Å². The first-order valence-electron chi connectivity index (χ1n) is 7.68. The van der Waals surface area contributed by atoms with E-state index in [1.807, 2.05) is 0 Å². The van der Waals surface area contributed by atoms with E-state index in [9.17, 15) is 9.59 Å². The van der Waals surface area contributed by atoms with Crippen LogP contribution in [0.2, 0.25) is 0 Å². The highest BCUT2D eigenvalue weighted by Crippen LogP contribution is 2.34. The number of amides is 2. The SMILES string of the molecule is COc1ccc2c(c1)[C@H](C(=O)NCCc1cnccn1)CC(=O)N2.